The molecule has 0 radical (unpaired) electrons. The van der Waals surface area contributed by atoms with Gasteiger partial charge in [-0.2, -0.15) is 0 Å². The third kappa shape index (κ3) is 4.46. The molecule has 1 aromatic heterocycles. The standard InChI is InChI=1S/C10H11ClN2O2/c1-7(2-10(14)15)4-13-9-3-8(11)5-12-6-9/h2-3,5-6,13H,4H2,1H3,(H,14,15)/b7-2-. The van der Waals surface area contributed by atoms with E-state index in [9.17, 15) is 4.79 Å². The molecular weight excluding hydrogens is 216 g/mol. The smallest absolute Gasteiger partial charge is 0.328 e. The summed E-state index contributed by atoms with van der Waals surface area (Å²) in [6.45, 7) is 2.19. The lowest BCUT2D eigenvalue weighted by atomic mass is 10.2. The highest BCUT2D eigenvalue weighted by atomic mass is 35.5. The van der Waals surface area contributed by atoms with Crippen LogP contribution in [-0.4, -0.2) is 22.6 Å². The molecule has 2 N–H and O–H groups in total. The predicted octanol–water partition coefficient (Wildman–Crippen LogP) is 2.18. The van der Waals surface area contributed by atoms with Gasteiger partial charge >= 0.3 is 5.97 Å². The Balaban J connectivity index is 2.54. The molecule has 1 rings (SSSR count). The van der Waals surface area contributed by atoms with Crippen molar-refractivity contribution in [3.05, 3.63) is 35.1 Å². The number of nitrogens with one attached hydrogen (secondary N) is 1. The van der Waals surface area contributed by atoms with E-state index in [-0.39, 0.29) is 0 Å². The van der Waals surface area contributed by atoms with Gasteiger partial charge in [0.2, 0.25) is 0 Å². The molecular formula is C10H11ClN2O2. The van der Waals surface area contributed by atoms with E-state index in [0.29, 0.717) is 11.6 Å². The van der Waals surface area contributed by atoms with Crippen molar-refractivity contribution in [2.45, 2.75) is 6.92 Å². The zero-order valence-corrected chi connectivity index (χ0v) is 8.95. The van der Waals surface area contributed by atoms with Crippen LogP contribution >= 0.6 is 11.6 Å². The molecule has 0 atom stereocenters. The number of carboxylic acid groups (broad SMARTS) is 1. The maximum absolute atomic E-state index is 10.3. The van der Waals surface area contributed by atoms with Gasteiger partial charge in [0.25, 0.3) is 0 Å². The fourth-order valence-corrected chi connectivity index (χ4v) is 1.19. The highest BCUT2D eigenvalue weighted by Gasteiger charge is 1.96. The first-order valence-electron chi connectivity index (χ1n) is 4.32. The minimum atomic E-state index is -0.946. The molecule has 0 aliphatic heterocycles. The van der Waals surface area contributed by atoms with Crippen LogP contribution in [0.1, 0.15) is 6.92 Å². The van der Waals surface area contributed by atoms with Crippen molar-refractivity contribution in [1.82, 2.24) is 4.98 Å². The molecule has 15 heavy (non-hydrogen) atoms. The first-order valence-corrected chi connectivity index (χ1v) is 4.70. The highest BCUT2D eigenvalue weighted by Crippen LogP contribution is 2.12. The number of nitrogens with zero attached hydrogens (tertiary/aromatic N) is 1. The molecule has 0 saturated carbocycles. The van der Waals surface area contributed by atoms with E-state index in [4.69, 9.17) is 16.7 Å². The van der Waals surface area contributed by atoms with E-state index in [1.165, 1.54) is 6.20 Å². The molecule has 80 valence electrons. The summed E-state index contributed by atoms with van der Waals surface area (Å²) in [7, 11) is 0. The van der Waals surface area contributed by atoms with Crippen LogP contribution in [0.15, 0.2) is 30.1 Å². The molecule has 4 nitrogen and oxygen atoms in total. The van der Waals surface area contributed by atoms with Crippen molar-refractivity contribution < 1.29 is 9.90 Å². The Morgan fingerprint density at radius 3 is 3.00 bits per heavy atom. The topological polar surface area (TPSA) is 62.2 Å². The number of carbonyl (C=O) groups is 1. The predicted molar refractivity (Wildman–Crippen MR) is 59.1 cm³/mol. The zero-order chi connectivity index (χ0) is 11.3. The third-order valence-corrected chi connectivity index (χ3v) is 1.85. The van der Waals surface area contributed by atoms with Gasteiger partial charge in [-0.1, -0.05) is 11.6 Å². The van der Waals surface area contributed by atoms with Crippen LogP contribution in [0.25, 0.3) is 0 Å². The molecule has 0 spiro atoms. The van der Waals surface area contributed by atoms with E-state index < -0.39 is 5.97 Å². The first-order chi connectivity index (χ1) is 7.08. The molecule has 0 aromatic carbocycles. The van der Waals surface area contributed by atoms with Gasteiger partial charge in [-0.25, -0.2) is 4.79 Å². The molecule has 1 aromatic rings. The van der Waals surface area contributed by atoms with Crippen LogP contribution in [0.5, 0.6) is 0 Å². The Morgan fingerprint density at radius 2 is 2.40 bits per heavy atom. The lowest BCUT2D eigenvalue weighted by molar-refractivity contribution is -0.131. The van der Waals surface area contributed by atoms with Crippen LogP contribution in [0.2, 0.25) is 5.02 Å². The fourth-order valence-electron chi connectivity index (χ4n) is 1.01. The summed E-state index contributed by atoms with van der Waals surface area (Å²) in [4.78, 5) is 14.2. The molecule has 1 heterocycles. The van der Waals surface area contributed by atoms with Gasteiger partial charge in [-0.05, 0) is 18.6 Å². The van der Waals surface area contributed by atoms with Crippen LogP contribution in [0.4, 0.5) is 5.69 Å². The summed E-state index contributed by atoms with van der Waals surface area (Å²) in [6, 6.07) is 1.72. The Hall–Kier alpha value is -1.55. The second-order valence-electron chi connectivity index (χ2n) is 3.07. The Morgan fingerprint density at radius 1 is 1.67 bits per heavy atom. The number of hydrogen-bond donors (Lipinski definition) is 2. The quantitative estimate of drug-likeness (QED) is 0.773. The molecule has 0 amide bonds. The number of halogens is 1. The lowest BCUT2D eigenvalue weighted by Crippen LogP contribution is -2.04. The summed E-state index contributed by atoms with van der Waals surface area (Å²) in [5, 5.41) is 12.0. The molecule has 0 fully saturated rings. The average Bonchev–Trinajstić information content (AvgIpc) is 2.14. The van der Waals surface area contributed by atoms with Crippen LogP contribution in [-0.2, 0) is 4.79 Å². The van der Waals surface area contributed by atoms with Gasteiger partial charge in [0.05, 0.1) is 16.9 Å². The van der Waals surface area contributed by atoms with Gasteiger partial charge in [-0.15, -0.1) is 0 Å². The Bertz CT molecular complexity index is 391. The summed E-state index contributed by atoms with van der Waals surface area (Å²) in [5.74, 6) is -0.946. The second kappa shape index (κ2) is 5.36. The number of pyridine rings is 1. The van der Waals surface area contributed by atoms with E-state index in [1.54, 1.807) is 19.2 Å². The number of anilines is 1. The van der Waals surface area contributed by atoms with Crippen LogP contribution < -0.4 is 5.32 Å². The maximum atomic E-state index is 10.3. The van der Waals surface area contributed by atoms with Gasteiger partial charge in [-0.3, -0.25) is 4.98 Å². The summed E-state index contributed by atoms with van der Waals surface area (Å²) >= 11 is 5.73. The number of rotatable bonds is 4. The highest BCUT2D eigenvalue weighted by molar-refractivity contribution is 6.30. The van der Waals surface area contributed by atoms with Crippen molar-refractivity contribution in [3.63, 3.8) is 0 Å². The number of hydrogen-bond acceptors (Lipinski definition) is 3. The van der Waals surface area contributed by atoms with Crippen molar-refractivity contribution in [2.24, 2.45) is 0 Å². The van der Waals surface area contributed by atoms with E-state index in [1.807, 2.05) is 0 Å². The van der Waals surface area contributed by atoms with Gasteiger partial charge in [0, 0.05) is 18.8 Å². The minimum absolute atomic E-state index is 0.453. The fraction of sp³-hybridized carbons (Fsp3) is 0.200. The third-order valence-electron chi connectivity index (χ3n) is 1.65. The molecule has 0 saturated heterocycles. The van der Waals surface area contributed by atoms with Crippen LogP contribution in [0.3, 0.4) is 0 Å². The number of carboxylic acids is 1. The first kappa shape index (κ1) is 11.5. The van der Waals surface area contributed by atoms with E-state index >= 15 is 0 Å². The normalized spacial score (nSPS) is 11.2. The van der Waals surface area contributed by atoms with Gasteiger partial charge in [0.15, 0.2) is 0 Å². The summed E-state index contributed by atoms with van der Waals surface area (Å²) in [6.07, 6.45) is 4.32. The van der Waals surface area contributed by atoms with E-state index in [0.717, 1.165) is 17.3 Å². The molecule has 0 aliphatic carbocycles. The maximum Gasteiger partial charge on any atom is 0.328 e. The van der Waals surface area contributed by atoms with Crippen molar-refractivity contribution >= 4 is 23.3 Å². The zero-order valence-electron chi connectivity index (χ0n) is 8.20. The SMILES string of the molecule is C/C(=C/C(=O)O)CNc1cncc(Cl)c1. The largest absolute Gasteiger partial charge is 0.478 e. The molecule has 0 unspecified atom stereocenters. The monoisotopic (exact) mass is 226 g/mol. The average molecular weight is 227 g/mol. The Labute approximate surface area is 92.6 Å². The van der Waals surface area contributed by atoms with Crippen molar-refractivity contribution in [1.29, 1.82) is 0 Å². The number of aromatic nitrogens is 1. The van der Waals surface area contributed by atoms with Crippen molar-refractivity contribution in [2.75, 3.05) is 11.9 Å². The van der Waals surface area contributed by atoms with Gasteiger partial charge in [0.1, 0.15) is 0 Å². The molecule has 0 aliphatic rings. The lowest BCUT2D eigenvalue weighted by Gasteiger charge is -2.05. The second-order valence-corrected chi connectivity index (χ2v) is 3.51. The van der Waals surface area contributed by atoms with Gasteiger partial charge < -0.3 is 10.4 Å². The van der Waals surface area contributed by atoms with Crippen molar-refractivity contribution in [3.8, 4) is 0 Å². The van der Waals surface area contributed by atoms with Crippen LogP contribution in [0, 0.1) is 0 Å². The summed E-state index contributed by atoms with van der Waals surface area (Å²) < 4.78 is 0. The number of aliphatic carboxylic acids is 1. The van der Waals surface area contributed by atoms with E-state index in [2.05, 4.69) is 10.3 Å². The summed E-state index contributed by atoms with van der Waals surface area (Å²) in [5.41, 5.74) is 1.49. The molecule has 0 bridgehead atoms. The minimum Gasteiger partial charge on any atom is -0.478 e. The Kier molecular flexibility index (Phi) is 4.12. The molecule has 5 heteroatoms.